The summed E-state index contributed by atoms with van der Waals surface area (Å²) >= 11 is 0. The molecule has 0 saturated carbocycles. The molecule has 2 rings (SSSR count). The van der Waals surface area contributed by atoms with Gasteiger partial charge in [0.2, 0.25) is 5.91 Å². The molecule has 6 nitrogen and oxygen atoms in total. The Labute approximate surface area is 95.0 Å². The highest BCUT2D eigenvalue weighted by Gasteiger charge is 2.30. The summed E-state index contributed by atoms with van der Waals surface area (Å²) in [7, 11) is 0. The largest absolute Gasteiger partial charge is 0.329 e. The molecule has 90 valence electrons. The molecule has 0 aromatic carbocycles. The van der Waals surface area contributed by atoms with Crippen molar-refractivity contribution in [2.75, 3.05) is 39.3 Å². The van der Waals surface area contributed by atoms with Crippen LogP contribution in [0.3, 0.4) is 0 Å². The maximum Gasteiger partial charge on any atom is 0.324 e. The fourth-order valence-electron chi connectivity index (χ4n) is 2.04. The lowest BCUT2D eigenvalue weighted by Crippen LogP contribution is -2.58. The van der Waals surface area contributed by atoms with Crippen molar-refractivity contribution in [1.29, 1.82) is 0 Å². The Balaban J connectivity index is 1.80. The van der Waals surface area contributed by atoms with E-state index in [0.29, 0.717) is 12.6 Å². The van der Waals surface area contributed by atoms with Crippen LogP contribution >= 0.6 is 0 Å². The van der Waals surface area contributed by atoms with Crippen LogP contribution in [0.15, 0.2) is 0 Å². The monoisotopic (exact) mass is 226 g/mol. The SMILES string of the molecule is CCN(CCN1C(=O)CNC1=O)C1CNC1. The first-order chi connectivity index (χ1) is 7.72. The van der Waals surface area contributed by atoms with E-state index in [-0.39, 0.29) is 18.5 Å². The van der Waals surface area contributed by atoms with E-state index in [1.807, 2.05) is 0 Å². The van der Waals surface area contributed by atoms with E-state index < -0.39 is 0 Å². The molecule has 6 heteroatoms. The Morgan fingerprint density at radius 1 is 1.44 bits per heavy atom. The quantitative estimate of drug-likeness (QED) is 0.580. The van der Waals surface area contributed by atoms with Crippen molar-refractivity contribution < 1.29 is 9.59 Å². The first kappa shape index (κ1) is 11.3. The molecule has 0 aromatic rings. The number of carbonyl (C=O) groups is 2. The number of likely N-dealkylation sites (N-methyl/N-ethyl adjacent to an activating group) is 1. The molecule has 2 saturated heterocycles. The standard InChI is InChI=1S/C10H18N4O2/c1-2-13(8-5-11-6-8)3-4-14-9(15)7-12-10(14)16/h8,11H,2-7H2,1H3,(H,12,16). The molecule has 0 radical (unpaired) electrons. The van der Waals surface area contributed by atoms with E-state index in [0.717, 1.165) is 26.2 Å². The Morgan fingerprint density at radius 2 is 2.19 bits per heavy atom. The molecular formula is C10H18N4O2. The summed E-state index contributed by atoms with van der Waals surface area (Å²) in [6.45, 7) is 6.48. The topological polar surface area (TPSA) is 64.7 Å². The van der Waals surface area contributed by atoms with E-state index in [2.05, 4.69) is 22.5 Å². The van der Waals surface area contributed by atoms with Gasteiger partial charge in [-0.1, -0.05) is 6.92 Å². The molecule has 0 aromatic heterocycles. The van der Waals surface area contributed by atoms with Gasteiger partial charge < -0.3 is 10.6 Å². The predicted molar refractivity (Wildman–Crippen MR) is 59.0 cm³/mol. The third kappa shape index (κ3) is 2.17. The smallest absolute Gasteiger partial charge is 0.324 e. The van der Waals surface area contributed by atoms with Crippen molar-refractivity contribution in [3.05, 3.63) is 0 Å². The molecule has 0 spiro atoms. The molecule has 0 aliphatic carbocycles. The summed E-state index contributed by atoms with van der Waals surface area (Å²) in [6, 6.07) is 0.304. The lowest BCUT2D eigenvalue weighted by molar-refractivity contribution is -0.125. The molecule has 0 unspecified atom stereocenters. The maximum atomic E-state index is 11.4. The second-order valence-electron chi connectivity index (χ2n) is 4.14. The van der Waals surface area contributed by atoms with Crippen LogP contribution in [0.4, 0.5) is 4.79 Å². The number of nitrogens with one attached hydrogen (secondary N) is 2. The number of nitrogens with zero attached hydrogens (tertiary/aromatic N) is 2. The predicted octanol–water partition coefficient (Wildman–Crippen LogP) is -1.17. The van der Waals surface area contributed by atoms with Gasteiger partial charge in [0.1, 0.15) is 0 Å². The zero-order valence-electron chi connectivity index (χ0n) is 9.53. The van der Waals surface area contributed by atoms with Crippen LogP contribution < -0.4 is 10.6 Å². The number of imide groups is 1. The Bertz CT molecular complexity index is 275. The third-order valence-electron chi connectivity index (χ3n) is 3.23. The van der Waals surface area contributed by atoms with Crippen molar-refractivity contribution in [3.8, 4) is 0 Å². The van der Waals surface area contributed by atoms with E-state index in [9.17, 15) is 9.59 Å². The number of amides is 3. The number of hydrogen-bond donors (Lipinski definition) is 2. The lowest BCUT2D eigenvalue weighted by atomic mass is 10.1. The highest BCUT2D eigenvalue weighted by Crippen LogP contribution is 2.06. The zero-order valence-corrected chi connectivity index (χ0v) is 9.53. The number of carbonyl (C=O) groups excluding carboxylic acids is 2. The highest BCUT2D eigenvalue weighted by atomic mass is 16.2. The maximum absolute atomic E-state index is 11.4. The van der Waals surface area contributed by atoms with Crippen LogP contribution in [0.25, 0.3) is 0 Å². The van der Waals surface area contributed by atoms with Crippen molar-refractivity contribution in [3.63, 3.8) is 0 Å². The van der Waals surface area contributed by atoms with Gasteiger partial charge in [-0.2, -0.15) is 0 Å². The summed E-state index contributed by atoms with van der Waals surface area (Å²) in [5, 5.41) is 5.74. The average Bonchev–Trinajstić information content (AvgIpc) is 2.51. The van der Waals surface area contributed by atoms with E-state index in [4.69, 9.17) is 0 Å². The normalized spacial score (nSPS) is 21.5. The van der Waals surface area contributed by atoms with E-state index in [1.165, 1.54) is 4.90 Å². The summed E-state index contributed by atoms with van der Waals surface area (Å²) in [6.07, 6.45) is 0. The van der Waals surface area contributed by atoms with Crippen LogP contribution in [-0.2, 0) is 4.79 Å². The third-order valence-corrected chi connectivity index (χ3v) is 3.23. The Hall–Kier alpha value is -1.14. The van der Waals surface area contributed by atoms with Gasteiger partial charge in [-0.25, -0.2) is 4.79 Å². The molecule has 0 atom stereocenters. The van der Waals surface area contributed by atoms with Gasteiger partial charge in [0.25, 0.3) is 0 Å². The first-order valence-electron chi connectivity index (χ1n) is 5.75. The van der Waals surface area contributed by atoms with Crippen LogP contribution in [0, 0.1) is 0 Å². The zero-order chi connectivity index (χ0) is 11.5. The summed E-state index contributed by atoms with van der Waals surface area (Å²) in [4.78, 5) is 26.3. The molecule has 3 amide bonds. The van der Waals surface area contributed by atoms with Crippen LogP contribution in [0.2, 0.25) is 0 Å². The van der Waals surface area contributed by atoms with Gasteiger partial charge in [-0.3, -0.25) is 14.6 Å². The van der Waals surface area contributed by atoms with Gasteiger partial charge in [-0.05, 0) is 6.54 Å². The minimum absolute atomic E-state index is 0.118. The van der Waals surface area contributed by atoms with Crippen LogP contribution in [0.1, 0.15) is 6.92 Å². The fourth-order valence-corrected chi connectivity index (χ4v) is 2.04. The molecule has 2 N–H and O–H groups in total. The molecule has 16 heavy (non-hydrogen) atoms. The molecule has 2 fully saturated rings. The molecular weight excluding hydrogens is 208 g/mol. The second kappa shape index (κ2) is 4.80. The summed E-state index contributed by atoms with van der Waals surface area (Å²) in [5.74, 6) is -0.118. The Kier molecular flexibility index (Phi) is 3.40. The summed E-state index contributed by atoms with van der Waals surface area (Å²) < 4.78 is 0. The van der Waals surface area contributed by atoms with Gasteiger partial charge in [-0.15, -0.1) is 0 Å². The Morgan fingerprint density at radius 3 is 2.62 bits per heavy atom. The van der Waals surface area contributed by atoms with Crippen molar-refractivity contribution in [2.24, 2.45) is 0 Å². The number of urea groups is 1. The van der Waals surface area contributed by atoms with E-state index in [1.54, 1.807) is 0 Å². The van der Waals surface area contributed by atoms with Crippen LogP contribution in [0.5, 0.6) is 0 Å². The molecule has 2 heterocycles. The van der Waals surface area contributed by atoms with Gasteiger partial charge >= 0.3 is 6.03 Å². The van der Waals surface area contributed by atoms with E-state index >= 15 is 0 Å². The molecule has 0 bridgehead atoms. The van der Waals surface area contributed by atoms with Crippen molar-refractivity contribution in [1.82, 2.24) is 20.4 Å². The number of hydrogen-bond acceptors (Lipinski definition) is 4. The fraction of sp³-hybridized carbons (Fsp3) is 0.800. The number of rotatable bonds is 5. The first-order valence-corrected chi connectivity index (χ1v) is 5.75. The van der Waals surface area contributed by atoms with Crippen molar-refractivity contribution in [2.45, 2.75) is 13.0 Å². The second-order valence-corrected chi connectivity index (χ2v) is 4.14. The minimum atomic E-state index is -0.257. The summed E-state index contributed by atoms with van der Waals surface area (Å²) in [5.41, 5.74) is 0. The van der Waals surface area contributed by atoms with Crippen LogP contribution in [-0.4, -0.2) is 67.0 Å². The average molecular weight is 226 g/mol. The molecule has 2 aliphatic rings. The molecule has 2 aliphatic heterocycles. The lowest BCUT2D eigenvalue weighted by Gasteiger charge is -2.38. The minimum Gasteiger partial charge on any atom is -0.329 e. The van der Waals surface area contributed by atoms with Gasteiger partial charge in [0, 0.05) is 32.2 Å². The van der Waals surface area contributed by atoms with Gasteiger partial charge in [0.15, 0.2) is 0 Å². The van der Waals surface area contributed by atoms with Gasteiger partial charge in [0.05, 0.1) is 6.54 Å². The van der Waals surface area contributed by atoms with Crippen molar-refractivity contribution >= 4 is 11.9 Å². The highest BCUT2D eigenvalue weighted by molar-refractivity contribution is 6.01.